The third-order valence-corrected chi connectivity index (χ3v) is 4.19. The second-order valence-electron chi connectivity index (χ2n) is 5.84. The lowest BCUT2D eigenvalue weighted by Gasteiger charge is -2.20. The summed E-state index contributed by atoms with van der Waals surface area (Å²) >= 11 is 0. The summed E-state index contributed by atoms with van der Waals surface area (Å²) < 4.78 is 19.0. The van der Waals surface area contributed by atoms with Gasteiger partial charge in [0.05, 0.1) is 0 Å². The van der Waals surface area contributed by atoms with Crippen LogP contribution in [-0.2, 0) is 0 Å². The van der Waals surface area contributed by atoms with Gasteiger partial charge in [0.1, 0.15) is 23.4 Å². The molecular formula is C17H16FN5O2. The molecule has 0 spiro atoms. The van der Waals surface area contributed by atoms with Gasteiger partial charge in [0, 0.05) is 38.4 Å². The van der Waals surface area contributed by atoms with E-state index in [4.69, 9.17) is 4.42 Å². The van der Waals surface area contributed by atoms with Crippen LogP contribution < -0.4 is 4.90 Å². The molecule has 3 heterocycles. The molecule has 0 bridgehead atoms. The van der Waals surface area contributed by atoms with Gasteiger partial charge in [-0.2, -0.15) is 4.98 Å². The number of carbonyl (C=O) groups is 1. The first-order valence-corrected chi connectivity index (χ1v) is 8.07. The zero-order valence-corrected chi connectivity index (χ0v) is 13.4. The number of nitrogens with zero attached hydrogens (tertiary/aromatic N) is 5. The number of aromatic nitrogens is 3. The van der Waals surface area contributed by atoms with Crippen molar-refractivity contribution in [2.24, 2.45) is 0 Å². The predicted molar refractivity (Wildman–Crippen MR) is 88.7 cm³/mol. The van der Waals surface area contributed by atoms with E-state index in [0.29, 0.717) is 49.0 Å². The van der Waals surface area contributed by atoms with E-state index < -0.39 is 0 Å². The Bertz CT molecular complexity index is 898. The number of hydrogen-bond acceptors (Lipinski definition) is 6. The monoisotopic (exact) mass is 341 g/mol. The molecule has 1 aliphatic heterocycles. The molecule has 0 aliphatic carbocycles. The highest BCUT2D eigenvalue weighted by atomic mass is 19.1. The van der Waals surface area contributed by atoms with Gasteiger partial charge in [-0.1, -0.05) is 0 Å². The largest absolute Gasteiger partial charge is 0.423 e. The summed E-state index contributed by atoms with van der Waals surface area (Å²) in [5.41, 5.74) is 1.43. The summed E-state index contributed by atoms with van der Waals surface area (Å²) in [6.07, 6.45) is 3.71. The van der Waals surface area contributed by atoms with E-state index in [1.54, 1.807) is 23.2 Å². The van der Waals surface area contributed by atoms with Crippen LogP contribution in [0.5, 0.6) is 0 Å². The van der Waals surface area contributed by atoms with Crippen LogP contribution in [0.4, 0.5) is 10.4 Å². The molecule has 1 aromatic carbocycles. The number of amides is 1. The Kier molecular flexibility index (Phi) is 4.01. The fraction of sp³-hybridized carbons (Fsp3) is 0.294. The maximum Gasteiger partial charge on any atom is 0.298 e. The van der Waals surface area contributed by atoms with E-state index in [1.807, 2.05) is 4.90 Å². The van der Waals surface area contributed by atoms with Gasteiger partial charge in [-0.15, -0.1) is 0 Å². The summed E-state index contributed by atoms with van der Waals surface area (Å²) in [4.78, 5) is 28.5. The highest BCUT2D eigenvalue weighted by Gasteiger charge is 2.23. The smallest absolute Gasteiger partial charge is 0.298 e. The molecule has 1 saturated heterocycles. The number of halogens is 1. The van der Waals surface area contributed by atoms with Gasteiger partial charge in [0.2, 0.25) is 0 Å². The minimum Gasteiger partial charge on any atom is -0.423 e. The van der Waals surface area contributed by atoms with Crippen molar-refractivity contribution in [1.82, 2.24) is 19.9 Å². The fourth-order valence-electron chi connectivity index (χ4n) is 2.91. The summed E-state index contributed by atoms with van der Waals surface area (Å²) in [5.74, 6) is -0.462. The molecule has 25 heavy (non-hydrogen) atoms. The highest BCUT2D eigenvalue weighted by molar-refractivity contribution is 5.92. The fourth-order valence-corrected chi connectivity index (χ4v) is 2.91. The Morgan fingerprint density at radius 1 is 1.16 bits per heavy atom. The molecule has 8 heteroatoms. The Hall–Kier alpha value is -3.03. The van der Waals surface area contributed by atoms with Crippen LogP contribution in [0.25, 0.3) is 11.1 Å². The molecule has 1 aliphatic rings. The number of hydrogen-bond donors (Lipinski definition) is 0. The quantitative estimate of drug-likeness (QED) is 0.711. The van der Waals surface area contributed by atoms with Crippen molar-refractivity contribution < 1.29 is 13.6 Å². The molecule has 4 rings (SSSR count). The van der Waals surface area contributed by atoms with Gasteiger partial charge in [0.15, 0.2) is 5.58 Å². The number of oxazole rings is 1. The number of anilines is 1. The third-order valence-electron chi connectivity index (χ3n) is 4.19. The molecule has 0 unspecified atom stereocenters. The van der Waals surface area contributed by atoms with Crippen LogP contribution in [0.2, 0.25) is 0 Å². The molecule has 0 N–H and O–H groups in total. The number of fused-ring (bicyclic) bond motifs is 1. The molecule has 1 amide bonds. The highest BCUT2D eigenvalue weighted by Crippen LogP contribution is 2.23. The van der Waals surface area contributed by atoms with E-state index >= 15 is 0 Å². The van der Waals surface area contributed by atoms with Crippen molar-refractivity contribution >= 4 is 23.0 Å². The first-order valence-electron chi connectivity index (χ1n) is 8.07. The van der Waals surface area contributed by atoms with E-state index in [0.717, 1.165) is 6.42 Å². The molecule has 2 aromatic heterocycles. The van der Waals surface area contributed by atoms with E-state index in [-0.39, 0.29) is 11.7 Å². The molecule has 1 fully saturated rings. The predicted octanol–water partition coefficient (Wildman–Crippen LogP) is 2.11. The van der Waals surface area contributed by atoms with Crippen LogP contribution in [0.1, 0.15) is 16.9 Å². The van der Waals surface area contributed by atoms with Gasteiger partial charge in [-0.05, 0) is 24.6 Å². The van der Waals surface area contributed by atoms with Gasteiger partial charge >= 0.3 is 0 Å². The molecule has 0 radical (unpaired) electrons. The van der Waals surface area contributed by atoms with Gasteiger partial charge < -0.3 is 14.2 Å². The van der Waals surface area contributed by atoms with Crippen molar-refractivity contribution in [2.45, 2.75) is 6.42 Å². The normalized spacial score (nSPS) is 15.4. The zero-order valence-electron chi connectivity index (χ0n) is 13.4. The number of carbonyl (C=O) groups excluding carboxylic acids is 1. The second kappa shape index (κ2) is 6.46. The van der Waals surface area contributed by atoms with Crippen molar-refractivity contribution in [3.05, 3.63) is 48.3 Å². The second-order valence-corrected chi connectivity index (χ2v) is 5.84. The molecule has 0 atom stereocenters. The summed E-state index contributed by atoms with van der Waals surface area (Å²) in [7, 11) is 0. The lowest BCUT2D eigenvalue weighted by molar-refractivity contribution is 0.0761. The number of benzene rings is 1. The minimum absolute atomic E-state index is 0.108. The first-order chi connectivity index (χ1) is 12.2. The van der Waals surface area contributed by atoms with E-state index in [9.17, 15) is 9.18 Å². The topological polar surface area (TPSA) is 75.4 Å². The maximum absolute atomic E-state index is 13.3. The van der Waals surface area contributed by atoms with Crippen molar-refractivity contribution in [3.8, 4) is 0 Å². The molecule has 7 nitrogen and oxygen atoms in total. The van der Waals surface area contributed by atoms with Crippen LogP contribution >= 0.6 is 0 Å². The van der Waals surface area contributed by atoms with Crippen LogP contribution in [0.3, 0.4) is 0 Å². The van der Waals surface area contributed by atoms with Gasteiger partial charge in [-0.3, -0.25) is 4.79 Å². The summed E-state index contributed by atoms with van der Waals surface area (Å²) in [6.45, 7) is 2.47. The molecular weight excluding hydrogens is 325 g/mol. The van der Waals surface area contributed by atoms with Crippen LogP contribution in [-0.4, -0.2) is 51.9 Å². The average molecular weight is 341 g/mol. The lowest BCUT2D eigenvalue weighted by Crippen LogP contribution is -2.35. The van der Waals surface area contributed by atoms with E-state index in [2.05, 4.69) is 15.0 Å². The standard InChI is InChI=1S/C17H16FN5O2/c18-12-2-3-13-15(10-12)25-17(21-13)23-7-1-6-22(8-9-23)16(24)14-4-5-19-11-20-14/h2-5,10-11H,1,6-9H2. The lowest BCUT2D eigenvalue weighted by atomic mass is 10.3. The van der Waals surface area contributed by atoms with Gasteiger partial charge in [-0.25, -0.2) is 14.4 Å². The third kappa shape index (κ3) is 3.15. The maximum atomic E-state index is 13.3. The van der Waals surface area contributed by atoms with Crippen LogP contribution in [0.15, 0.2) is 41.2 Å². The number of rotatable bonds is 2. The molecule has 128 valence electrons. The van der Waals surface area contributed by atoms with Crippen molar-refractivity contribution in [1.29, 1.82) is 0 Å². The Labute approximate surface area is 143 Å². The average Bonchev–Trinajstić information content (AvgIpc) is 2.89. The minimum atomic E-state index is -0.354. The zero-order chi connectivity index (χ0) is 17.2. The Morgan fingerprint density at radius 2 is 2.08 bits per heavy atom. The molecule has 3 aromatic rings. The van der Waals surface area contributed by atoms with Crippen molar-refractivity contribution in [2.75, 3.05) is 31.1 Å². The van der Waals surface area contributed by atoms with Gasteiger partial charge in [0.25, 0.3) is 11.9 Å². The van der Waals surface area contributed by atoms with Crippen LogP contribution in [0, 0.1) is 5.82 Å². The SMILES string of the molecule is O=C(c1ccncn1)N1CCCN(c2nc3ccc(F)cc3o2)CC1. The summed E-state index contributed by atoms with van der Waals surface area (Å²) in [6, 6.07) is 6.35. The Morgan fingerprint density at radius 3 is 2.92 bits per heavy atom. The first kappa shape index (κ1) is 15.5. The Balaban J connectivity index is 1.49. The molecule has 0 saturated carbocycles. The summed E-state index contributed by atoms with van der Waals surface area (Å²) in [5, 5.41) is 0. The van der Waals surface area contributed by atoms with E-state index in [1.165, 1.54) is 18.5 Å². The van der Waals surface area contributed by atoms with Crippen molar-refractivity contribution in [3.63, 3.8) is 0 Å².